The van der Waals surface area contributed by atoms with Gasteiger partial charge in [-0.15, -0.1) is 5.10 Å². The first kappa shape index (κ1) is 12.2. The Morgan fingerprint density at radius 2 is 2.00 bits per heavy atom. The number of esters is 1. The second kappa shape index (κ2) is 4.91. The van der Waals surface area contributed by atoms with Gasteiger partial charge in [0.15, 0.2) is 5.69 Å². The maximum absolute atomic E-state index is 13.6. The molecule has 18 heavy (non-hydrogen) atoms. The molecule has 0 unspecified atom stereocenters. The molecule has 0 amide bonds. The van der Waals surface area contributed by atoms with Crippen LogP contribution in [0.2, 0.25) is 0 Å². The summed E-state index contributed by atoms with van der Waals surface area (Å²) in [4.78, 5) is 11.5. The van der Waals surface area contributed by atoms with E-state index in [2.05, 4.69) is 15.4 Å². The van der Waals surface area contributed by atoms with E-state index in [9.17, 15) is 13.6 Å². The molecule has 5 nitrogen and oxygen atoms in total. The molecule has 0 atom stereocenters. The summed E-state index contributed by atoms with van der Waals surface area (Å²) in [5, 5.41) is 9.30. The van der Waals surface area contributed by atoms with Crippen LogP contribution in [0.5, 0.6) is 0 Å². The predicted molar refractivity (Wildman–Crippen MR) is 57.7 cm³/mol. The third-order valence-corrected chi connectivity index (χ3v) is 2.22. The number of aromatic nitrogens is 3. The summed E-state index contributed by atoms with van der Waals surface area (Å²) in [6.45, 7) is 1.74. The second-order valence-electron chi connectivity index (χ2n) is 3.34. The molecule has 2 rings (SSSR count). The number of hydrogen-bond acceptors (Lipinski definition) is 4. The van der Waals surface area contributed by atoms with Gasteiger partial charge in [-0.3, -0.25) is 0 Å². The number of aromatic amines is 1. The number of ether oxygens (including phenoxy) is 1. The van der Waals surface area contributed by atoms with Crippen LogP contribution in [0.1, 0.15) is 17.4 Å². The molecular weight excluding hydrogens is 244 g/mol. The second-order valence-corrected chi connectivity index (χ2v) is 3.34. The molecule has 0 fully saturated rings. The smallest absolute Gasteiger partial charge is 0.361 e. The van der Waals surface area contributed by atoms with Gasteiger partial charge in [0.25, 0.3) is 0 Å². The lowest BCUT2D eigenvalue weighted by Gasteiger charge is -2.03. The maximum Gasteiger partial charge on any atom is 0.361 e. The summed E-state index contributed by atoms with van der Waals surface area (Å²) in [7, 11) is 0. The summed E-state index contributed by atoms with van der Waals surface area (Å²) < 4.78 is 31.9. The molecule has 0 saturated heterocycles. The first-order valence-electron chi connectivity index (χ1n) is 5.17. The maximum atomic E-state index is 13.6. The Hall–Kier alpha value is -2.31. The van der Waals surface area contributed by atoms with Gasteiger partial charge < -0.3 is 4.74 Å². The normalized spacial score (nSPS) is 10.4. The van der Waals surface area contributed by atoms with Crippen LogP contribution >= 0.6 is 0 Å². The van der Waals surface area contributed by atoms with Crippen LogP contribution in [0, 0.1) is 11.6 Å². The third-order valence-electron chi connectivity index (χ3n) is 2.22. The zero-order valence-corrected chi connectivity index (χ0v) is 9.41. The van der Waals surface area contributed by atoms with Gasteiger partial charge in [0.2, 0.25) is 0 Å². The number of nitrogens with one attached hydrogen (secondary N) is 1. The highest BCUT2D eigenvalue weighted by Crippen LogP contribution is 2.26. The predicted octanol–water partition coefficient (Wildman–Crippen LogP) is 1.93. The average molecular weight is 253 g/mol. The standard InChI is InChI=1S/C11H9F2N3O2/c1-2-18-11(17)10-9(14-16-15-10)8-6(12)4-3-5-7(8)13/h3-5H,2H2,1H3,(H,14,15,16). The number of carbonyl (C=O) groups is 1. The minimum absolute atomic E-state index is 0.130. The number of benzene rings is 1. The van der Waals surface area contributed by atoms with E-state index < -0.39 is 23.2 Å². The molecule has 94 valence electrons. The van der Waals surface area contributed by atoms with E-state index in [0.29, 0.717) is 0 Å². The molecular formula is C11H9F2N3O2. The Morgan fingerprint density at radius 3 is 2.61 bits per heavy atom. The van der Waals surface area contributed by atoms with Crippen LogP contribution in [0.4, 0.5) is 8.78 Å². The highest BCUT2D eigenvalue weighted by Gasteiger charge is 2.23. The van der Waals surface area contributed by atoms with Crippen LogP contribution in [0.3, 0.4) is 0 Å². The molecule has 1 N–H and O–H groups in total. The van der Waals surface area contributed by atoms with Gasteiger partial charge in [-0.2, -0.15) is 10.3 Å². The van der Waals surface area contributed by atoms with Gasteiger partial charge in [0.1, 0.15) is 17.3 Å². The Labute approximate surface area is 101 Å². The number of carbonyl (C=O) groups excluding carboxylic acids is 1. The van der Waals surface area contributed by atoms with Crippen molar-refractivity contribution in [2.24, 2.45) is 0 Å². The monoisotopic (exact) mass is 253 g/mol. The summed E-state index contributed by atoms with van der Waals surface area (Å²) in [6, 6.07) is 3.36. The lowest BCUT2D eigenvalue weighted by molar-refractivity contribution is 0.0520. The van der Waals surface area contributed by atoms with Crippen LogP contribution in [-0.2, 0) is 4.74 Å². The van der Waals surface area contributed by atoms with Crippen molar-refractivity contribution in [2.45, 2.75) is 6.92 Å². The van der Waals surface area contributed by atoms with Crippen molar-refractivity contribution in [1.29, 1.82) is 0 Å². The zero-order chi connectivity index (χ0) is 13.1. The van der Waals surface area contributed by atoms with Crippen molar-refractivity contribution in [1.82, 2.24) is 15.4 Å². The fraction of sp³-hybridized carbons (Fsp3) is 0.182. The summed E-state index contributed by atoms with van der Waals surface area (Å²) in [6.07, 6.45) is 0. The minimum atomic E-state index is -0.825. The highest BCUT2D eigenvalue weighted by atomic mass is 19.1. The molecule has 0 aliphatic carbocycles. The van der Waals surface area contributed by atoms with Crippen molar-refractivity contribution < 1.29 is 18.3 Å². The van der Waals surface area contributed by atoms with E-state index in [1.165, 1.54) is 6.07 Å². The van der Waals surface area contributed by atoms with Crippen LogP contribution in [-0.4, -0.2) is 28.0 Å². The number of nitrogens with zero attached hydrogens (tertiary/aromatic N) is 2. The Kier molecular flexibility index (Phi) is 3.31. The summed E-state index contributed by atoms with van der Waals surface area (Å²) in [5.74, 6) is -2.44. The van der Waals surface area contributed by atoms with Gasteiger partial charge in [-0.25, -0.2) is 13.6 Å². The summed E-state index contributed by atoms with van der Waals surface area (Å²) in [5.41, 5.74) is -0.862. The van der Waals surface area contributed by atoms with Gasteiger partial charge in [0.05, 0.1) is 12.2 Å². The Bertz CT molecular complexity index is 563. The van der Waals surface area contributed by atoms with E-state index >= 15 is 0 Å². The number of H-pyrrole nitrogens is 1. The fourth-order valence-electron chi connectivity index (χ4n) is 1.47. The van der Waals surface area contributed by atoms with Crippen molar-refractivity contribution in [3.8, 4) is 11.3 Å². The topological polar surface area (TPSA) is 67.9 Å². The molecule has 2 aromatic rings. The lowest BCUT2D eigenvalue weighted by atomic mass is 10.1. The SMILES string of the molecule is CCOC(=O)c1n[nH]nc1-c1c(F)cccc1F. The zero-order valence-electron chi connectivity index (χ0n) is 9.41. The lowest BCUT2D eigenvalue weighted by Crippen LogP contribution is -2.07. The van der Waals surface area contributed by atoms with Crippen LogP contribution in [0.15, 0.2) is 18.2 Å². The van der Waals surface area contributed by atoms with Crippen LogP contribution < -0.4 is 0 Å². The van der Waals surface area contributed by atoms with Gasteiger partial charge >= 0.3 is 5.97 Å². The molecule has 1 aromatic heterocycles. The van der Waals surface area contributed by atoms with E-state index in [1.807, 2.05) is 0 Å². The van der Waals surface area contributed by atoms with Crippen molar-refractivity contribution in [3.05, 3.63) is 35.5 Å². The fourth-order valence-corrected chi connectivity index (χ4v) is 1.47. The third kappa shape index (κ3) is 2.06. The molecule has 7 heteroatoms. The molecule has 0 aliphatic rings. The van der Waals surface area contributed by atoms with Crippen molar-refractivity contribution in [2.75, 3.05) is 6.61 Å². The molecule has 0 bridgehead atoms. The van der Waals surface area contributed by atoms with Gasteiger partial charge in [-0.1, -0.05) is 6.07 Å². The molecule has 0 saturated carbocycles. The largest absolute Gasteiger partial charge is 0.461 e. The number of halogens is 2. The van der Waals surface area contributed by atoms with Crippen LogP contribution in [0.25, 0.3) is 11.3 Å². The minimum Gasteiger partial charge on any atom is -0.461 e. The van der Waals surface area contributed by atoms with Crippen molar-refractivity contribution >= 4 is 5.97 Å². The van der Waals surface area contributed by atoms with E-state index in [4.69, 9.17) is 4.74 Å². The Morgan fingerprint density at radius 1 is 1.33 bits per heavy atom. The van der Waals surface area contributed by atoms with E-state index in [0.717, 1.165) is 12.1 Å². The first-order valence-corrected chi connectivity index (χ1v) is 5.17. The number of hydrogen-bond donors (Lipinski definition) is 1. The van der Waals surface area contributed by atoms with Crippen molar-refractivity contribution in [3.63, 3.8) is 0 Å². The highest BCUT2D eigenvalue weighted by molar-refractivity contribution is 5.94. The van der Waals surface area contributed by atoms with Gasteiger partial charge in [0, 0.05) is 0 Å². The average Bonchev–Trinajstić information content (AvgIpc) is 2.78. The summed E-state index contributed by atoms with van der Waals surface area (Å²) >= 11 is 0. The molecule has 0 spiro atoms. The molecule has 1 aromatic carbocycles. The Balaban J connectivity index is 2.52. The van der Waals surface area contributed by atoms with E-state index in [1.54, 1.807) is 6.92 Å². The first-order chi connectivity index (χ1) is 8.65. The molecule has 1 heterocycles. The quantitative estimate of drug-likeness (QED) is 0.848. The number of rotatable bonds is 3. The van der Waals surface area contributed by atoms with Gasteiger partial charge in [-0.05, 0) is 19.1 Å². The molecule has 0 aliphatic heterocycles. The van der Waals surface area contributed by atoms with E-state index in [-0.39, 0.29) is 18.0 Å². The molecule has 0 radical (unpaired) electrons.